The summed E-state index contributed by atoms with van der Waals surface area (Å²) in [5, 5.41) is 3.06. The zero-order valence-electron chi connectivity index (χ0n) is 15.9. The maximum atomic E-state index is 12.4. The molecule has 0 radical (unpaired) electrons. The summed E-state index contributed by atoms with van der Waals surface area (Å²) in [5.41, 5.74) is 2.73. The Morgan fingerprint density at radius 1 is 1.19 bits per heavy atom. The lowest BCUT2D eigenvalue weighted by molar-refractivity contribution is -0.121. The normalized spacial score (nSPS) is 16.8. The van der Waals surface area contributed by atoms with E-state index in [-0.39, 0.29) is 30.6 Å². The number of aryl methyl sites for hydroxylation is 2. The third kappa shape index (κ3) is 5.12. The molecule has 1 amide bonds. The van der Waals surface area contributed by atoms with Crippen molar-refractivity contribution in [3.05, 3.63) is 53.3 Å². The number of amides is 1. The Morgan fingerprint density at radius 3 is 2.74 bits per heavy atom. The van der Waals surface area contributed by atoms with Gasteiger partial charge in [-0.15, -0.1) is 0 Å². The minimum Gasteiger partial charge on any atom is -0.352 e. The van der Waals surface area contributed by atoms with Gasteiger partial charge >= 0.3 is 0 Å². The van der Waals surface area contributed by atoms with Gasteiger partial charge in [0.15, 0.2) is 5.78 Å². The van der Waals surface area contributed by atoms with Crippen molar-refractivity contribution in [2.24, 2.45) is 0 Å². The molecule has 0 aliphatic carbocycles. The number of carbonyl (C=O) groups excluding carboxylic acids is 2. The van der Waals surface area contributed by atoms with Crippen molar-refractivity contribution in [2.45, 2.75) is 45.6 Å². The van der Waals surface area contributed by atoms with Crippen molar-refractivity contribution < 1.29 is 9.59 Å². The van der Waals surface area contributed by atoms with E-state index in [4.69, 9.17) is 0 Å². The second-order valence-corrected chi connectivity index (χ2v) is 7.14. The van der Waals surface area contributed by atoms with Crippen LogP contribution in [0.25, 0.3) is 0 Å². The van der Waals surface area contributed by atoms with Crippen LogP contribution < -0.4 is 10.2 Å². The summed E-state index contributed by atoms with van der Waals surface area (Å²) in [5.74, 6) is 0.644. The molecule has 142 valence electrons. The lowest BCUT2D eigenvalue weighted by Crippen LogP contribution is -2.48. The van der Waals surface area contributed by atoms with Crippen molar-refractivity contribution in [1.82, 2.24) is 15.3 Å². The van der Waals surface area contributed by atoms with Crippen molar-refractivity contribution >= 4 is 17.6 Å². The minimum atomic E-state index is -0.0745. The summed E-state index contributed by atoms with van der Waals surface area (Å²) in [4.78, 5) is 35.4. The number of piperidine rings is 1. The molecule has 1 atom stereocenters. The Balaban J connectivity index is 1.50. The summed E-state index contributed by atoms with van der Waals surface area (Å²) in [6.07, 6.45) is 5.80. The number of Topliss-reactive ketones (excluding diaryl/α,β-unsaturated/α-hetero) is 1. The summed E-state index contributed by atoms with van der Waals surface area (Å²) in [6.45, 7) is 5.48. The van der Waals surface area contributed by atoms with E-state index in [2.05, 4.69) is 20.2 Å². The van der Waals surface area contributed by atoms with E-state index >= 15 is 0 Å². The van der Waals surface area contributed by atoms with Gasteiger partial charge in [-0.3, -0.25) is 9.59 Å². The molecule has 2 heterocycles. The molecule has 1 unspecified atom stereocenters. The summed E-state index contributed by atoms with van der Waals surface area (Å²) >= 11 is 0. The van der Waals surface area contributed by atoms with E-state index in [1.165, 1.54) is 0 Å². The Morgan fingerprint density at radius 2 is 1.96 bits per heavy atom. The van der Waals surface area contributed by atoms with Crippen molar-refractivity contribution in [3.63, 3.8) is 0 Å². The lowest BCUT2D eigenvalue weighted by atomic mass is 9.99. The van der Waals surface area contributed by atoms with Gasteiger partial charge in [0, 0.05) is 49.9 Å². The number of rotatable bonds is 6. The Hall–Kier alpha value is -2.76. The third-order valence-electron chi connectivity index (χ3n) is 4.89. The number of nitrogens with one attached hydrogen (secondary N) is 1. The van der Waals surface area contributed by atoms with Gasteiger partial charge < -0.3 is 10.2 Å². The molecule has 1 aliphatic rings. The van der Waals surface area contributed by atoms with Gasteiger partial charge in [-0.05, 0) is 44.4 Å². The van der Waals surface area contributed by atoms with Gasteiger partial charge in [-0.1, -0.05) is 17.7 Å². The van der Waals surface area contributed by atoms with Gasteiger partial charge in [-0.2, -0.15) is 0 Å². The van der Waals surface area contributed by atoms with Crippen LogP contribution >= 0.6 is 0 Å². The predicted molar refractivity (Wildman–Crippen MR) is 105 cm³/mol. The molecule has 3 rings (SSSR count). The van der Waals surface area contributed by atoms with Crippen LogP contribution in [0.2, 0.25) is 0 Å². The van der Waals surface area contributed by atoms with Gasteiger partial charge in [0.25, 0.3) is 0 Å². The second-order valence-electron chi connectivity index (χ2n) is 7.14. The van der Waals surface area contributed by atoms with Crippen LogP contribution in [0.5, 0.6) is 0 Å². The molecule has 1 aromatic carbocycles. The number of anilines is 1. The Labute approximate surface area is 160 Å². The first kappa shape index (κ1) is 19.0. The van der Waals surface area contributed by atoms with E-state index in [0.717, 1.165) is 30.5 Å². The Bertz CT molecular complexity index is 807. The van der Waals surface area contributed by atoms with Gasteiger partial charge in [0.2, 0.25) is 11.9 Å². The monoisotopic (exact) mass is 366 g/mol. The van der Waals surface area contributed by atoms with Crippen LogP contribution in [0.3, 0.4) is 0 Å². The topological polar surface area (TPSA) is 75.2 Å². The molecule has 1 fully saturated rings. The quantitative estimate of drug-likeness (QED) is 0.796. The highest BCUT2D eigenvalue weighted by Gasteiger charge is 2.23. The third-order valence-corrected chi connectivity index (χ3v) is 4.89. The highest BCUT2D eigenvalue weighted by atomic mass is 16.2. The molecular formula is C21H26N4O2. The maximum Gasteiger partial charge on any atom is 0.225 e. The van der Waals surface area contributed by atoms with E-state index in [9.17, 15) is 9.59 Å². The first-order chi connectivity index (χ1) is 13.0. The number of hydrogen-bond acceptors (Lipinski definition) is 5. The minimum absolute atomic E-state index is 0.0225. The van der Waals surface area contributed by atoms with Crippen LogP contribution in [0.1, 0.15) is 47.2 Å². The smallest absolute Gasteiger partial charge is 0.225 e. The van der Waals surface area contributed by atoms with Gasteiger partial charge in [-0.25, -0.2) is 9.97 Å². The van der Waals surface area contributed by atoms with Crippen molar-refractivity contribution in [1.29, 1.82) is 0 Å². The molecule has 1 saturated heterocycles. The highest BCUT2D eigenvalue weighted by molar-refractivity contribution is 5.99. The van der Waals surface area contributed by atoms with E-state index in [1.54, 1.807) is 18.5 Å². The number of aromatic nitrogens is 2. The number of hydrogen-bond donors (Lipinski definition) is 1. The summed E-state index contributed by atoms with van der Waals surface area (Å²) in [6, 6.07) is 7.69. The fourth-order valence-corrected chi connectivity index (χ4v) is 3.43. The Kier molecular flexibility index (Phi) is 6.16. The SMILES string of the molecule is Cc1ccc(C)c(C(=O)CCC(=O)NC2CCCN(c3ncccn3)C2)c1. The second kappa shape index (κ2) is 8.75. The number of nitrogens with zero attached hydrogens (tertiary/aromatic N) is 3. The van der Waals surface area contributed by atoms with E-state index in [1.807, 2.05) is 32.0 Å². The van der Waals surface area contributed by atoms with Gasteiger partial charge in [0.1, 0.15) is 0 Å². The van der Waals surface area contributed by atoms with Crippen LogP contribution in [0, 0.1) is 13.8 Å². The van der Waals surface area contributed by atoms with Crippen LogP contribution in [0.4, 0.5) is 5.95 Å². The average Bonchev–Trinajstić information content (AvgIpc) is 2.69. The number of carbonyl (C=O) groups is 2. The van der Waals surface area contributed by atoms with E-state index < -0.39 is 0 Å². The summed E-state index contributed by atoms with van der Waals surface area (Å²) in [7, 11) is 0. The molecule has 1 aliphatic heterocycles. The van der Waals surface area contributed by atoms with Crippen molar-refractivity contribution in [2.75, 3.05) is 18.0 Å². The molecule has 0 saturated carbocycles. The molecule has 0 bridgehead atoms. The highest BCUT2D eigenvalue weighted by Crippen LogP contribution is 2.16. The van der Waals surface area contributed by atoms with Crippen LogP contribution in [-0.4, -0.2) is 40.8 Å². The molecule has 0 spiro atoms. The predicted octanol–water partition coefficient (Wildman–Crippen LogP) is 2.84. The first-order valence-corrected chi connectivity index (χ1v) is 9.44. The molecule has 6 nitrogen and oxygen atoms in total. The molecular weight excluding hydrogens is 340 g/mol. The van der Waals surface area contributed by atoms with Gasteiger partial charge in [0.05, 0.1) is 0 Å². The van der Waals surface area contributed by atoms with E-state index in [0.29, 0.717) is 18.1 Å². The maximum absolute atomic E-state index is 12.4. The van der Waals surface area contributed by atoms with Crippen LogP contribution in [-0.2, 0) is 4.79 Å². The zero-order chi connectivity index (χ0) is 19.2. The zero-order valence-corrected chi connectivity index (χ0v) is 15.9. The summed E-state index contributed by atoms with van der Waals surface area (Å²) < 4.78 is 0. The standard InChI is InChI=1S/C21H26N4O2/c1-15-6-7-16(2)18(13-15)19(26)8-9-20(27)24-17-5-3-12-25(14-17)21-22-10-4-11-23-21/h4,6-7,10-11,13,17H,3,5,8-9,12,14H2,1-2H3,(H,24,27). The fraction of sp³-hybridized carbons (Fsp3) is 0.429. The molecule has 27 heavy (non-hydrogen) atoms. The molecule has 1 N–H and O–H groups in total. The molecule has 2 aromatic rings. The number of ketones is 1. The first-order valence-electron chi connectivity index (χ1n) is 9.44. The largest absolute Gasteiger partial charge is 0.352 e. The molecule has 6 heteroatoms. The fourth-order valence-electron chi connectivity index (χ4n) is 3.43. The number of benzene rings is 1. The molecule has 1 aromatic heterocycles. The lowest BCUT2D eigenvalue weighted by Gasteiger charge is -2.33. The van der Waals surface area contributed by atoms with Crippen LogP contribution in [0.15, 0.2) is 36.7 Å². The van der Waals surface area contributed by atoms with Crippen molar-refractivity contribution in [3.8, 4) is 0 Å². The average molecular weight is 366 g/mol.